The van der Waals surface area contributed by atoms with Gasteiger partial charge in [0.1, 0.15) is 5.75 Å². The first kappa shape index (κ1) is 16.3. The summed E-state index contributed by atoms with van der Waals surface area (Å²) in [5.74, 6) is 0.188. The molecule has 5 rings (SSSR count). The molecule has 0 aliphatic carbocycles. The number of hydrogen-bond donors (Lipinski definition) is 1. The fourth-order valence-corrected chi connectivity index (χ4v) is 3.60. The second-order valence-corrected chi connectivity index (χ2v) is 6.66. The lowest BCUT2D eigenvalue weighted by molar-refractivity contribution is 0.476. The van der Waals surface area contributed by atoms with Crippen LogP contribution in [0.2, 0.25) is 0 Å². The standard InChI is InChI=1S/C24H16N2O2/c27-18-13-14-19-17(15-18)9-6-12-22(19)26-24(28)21-11-5-4-10-20(21)23(25-26)16-7-2-1-3-8-16/h1-15,27H. The summed E-state index contributed by atoms with van der Waals surface area (Å²) in [4.78, 5) is 13.3. The average molecular weight is 364 g/mol. The van der Waals surface area contributed by atoms with Gasteiger partial charge >= 0.3 is 0 Å². The van der Waals surface area contributed by atoms with Crippen molar-refractivity contribution in [3.05, 3.63) is 101 Å². The molecule has 1 heterocycles. The van der Waals surface area contributed by atoms with E-state index in [4.69, 9.17) is 5.10 Å². The molecular weight excluding hydrogens is 348 g/mol. The zero-order valence-electron chi connectivity index (χ0n) is 14.9. The van der Waals surface area contributed by atoms with Gasteiger partial charge in [0.2, 0.25) is 0 Å². The summed E-state index contributed by atoms with van der Waals surface area (Å²) < 4.78 is 1.46. The van der Waals surface area contributed by atoms with Crippen molar-refractivity contribution in [2.45, 2.75) is 0 Å². The minimum absolute atomic E-state index is 0.171. The van der Waals surface area contributed by atoms with Crippen molar-refractivity contribution >= 4 is 21.5 Å². The molecule has 0 fully saturated rings. The first-order chi connectivity index (χ1) is 13.7. The van der Waals surface area contributed by atoms with Gasteiger partial charge in [0.15, 0.2) is 0 Å². The van der Waals surface area contributed by atoms with Crippen molar-refractivity contribution in [1.29, 1.82) is 0 Å². The van der Waals surface area contributed by atoms with Gasteiger partial charge in [-0.05, 0) is 35.7 Å². The highest BCUT2D eigenvalue weighted by molar-refractivity contribution is 5.95. The van der Waals surface area contributed by atoms with Gasteiger partial charge in [-0.2, -0.15) is 9.78 Å². The zero-order chi connectivity index (χ0) is 19.1. The lowest BCUT2D eigenvalue weighted by Gasteiger charge is -2.13. The summed E-state index contributed by atoms with van der Waals surface area (Å²) >= 11 is 0. The third kappa shape index (κ3) is 2.55. The molecule has 0 aliphatic heterocycles. The van der Waals surface area contributed by atoms with Crippen molar-refractivity contribution in [1.82, 2.24) is 9.78 Å². The SMILES string of the molecule is O=c1c2ccccc2c(-c2ccccc2)nn1-c1cccc2cc(O)ccc12. The Labute approximate surface area is 160 Å². The van der Waals surface area contributed by atoms with Crippen LogP contribution < -0.4 is 5.56 Å². The molecule has 4 nitrogen and oxygen atoms in total. The normalized spacial score (nSPS) is 11.1. The van der Waals surface area contributed by atoms with Gasteiger partial charge in [-0.15, -0.1) is 0 Å². The van der Waals surface area contributed by atoms with Crippen LogP contribution in [-0.4, -0.2) is 14.9 Å². The Morgan fingerprint density at radius 1 is 0.714 bits per heavy atom. The van der Waals surface area contributed by atoms with E-state index in [1.54, 1.807) is 12.1 Å². The Hall–Kier alpha value is -3.92. The molecule has 4 aromatic carbocycles. The molecule has 0 unspecified atom stereocenters. The molecule has 0 spiro atoms. The highest BCUT2D eigenvalue weighted by Crippen LogP contribution is 2.28. The Kier molecular flexibility index (Phi) is 3.69. The monoisotopic (exact) mass is 364 g/mol. The number of benzene rings is 4. The van der Waals surface area contributed by atoms with E-state index in [9.17, 15) is 9.90 Å². The molecule has 0 amide bonds. The van der Waals surface area contributed by atoms with E-state index < -0.39 is 0 Å². The lowest BCUT2D eigenvalue weighted by atomic mass is 10.0. The second kappa shape index (κ2) is 6.35. The van der Waals surface area contributed by atoms with Crippen LogP contribution in [0.3, 0.4) is 0 Å². The maximum Gasteiger partial charge on any atom is 0.279 e. The molecule has 134 valence electrons. The first-order valence-electron chi connectivity index (χ1n) is 9.02. The lowest BCUT2D eigenvalue weighted by Crippen LogP contribution is -2.22. The highest BCUT2D eigenvalue weighted by atomic mass is 16.3. The van der Waals surface area contributed by atoms with E-state index in [0.717, 1.165) is 27.4 Å². The molecule has 28 heavy (non-hydrogen) atoms. The smallest absolute Gasteiger partial charge is 0.279 e. The third-order valence-corrected chi connectivity index (χ3v) is 4.92. The minimum Gasteiger partial charge on any atom is -0.508 e. The van der Waals surface area contributed by atoms with Crippen molar-refractivity contribution in [3.63, 3.8) is 0 Å². The van der Waals surface area contributed by atoms with Gasteiger partial charge in [0.25, 0.3) is 5.56 Å². The molecule has 0 atom stereocenters. The van der Waals surface area contributed by atoms with Crippen molar-refractivity contribution in [2.24, 2.45) is 0 Å². The highest BCUT2D eigenvalue weighted by Gasteiger charge is 2.14. The largest absolute Gasteiger partial charge is 0.508 e. The molecule has 1 N–H and O–H groups in total. The summed E-state index contributed by atoms with van der Waals surface area (Å²) in [6.07, 6.45) is 0. The Morgan fingerprint density at radius 3 is 2.29 bits per heavy atom. The molecule has 0 bridgehead atoms. The number of phenols is 1. The van der Waals surface area contributed by atoms with E-state index in [-0.39, 0.29) is 11.3 Å². The van der Waals surface area contributed by atoms with Crippen molar-refractivity contribution in [3.8, 4) is 22.7 Å². The molecule has 0 saturated carbocycles. The van der Waals surface area contributed by atoms with Crippen LogP contribution in [0.15, 0.2) is 95.8 Å². The number of phenolic OH excluding ortho intramolecular Hbond substituents is 1. The van der Waals surface area contributed by atoms with E-state index >= 15 is 0 Å². The number of aromatic hydroxyl groups is 1. The molecular formula is C24H16N2O2. The van der Waals surface area contributed by atoms with Gasteiger partial charge in [-0.25, -0.2) is 0 Å². The molecule has 5 aromatic rings. The van der Waals surface area contributed by atoms with Crippen molar-refractivity contribution < 1.29 is 5.11 Å². The van der Waals surface area contributed by atoms with Crippen LogP contribution >= 0.6 is 0 Å². The number of nitrogens with zero attached hydrogens (tertiary/aromatic N) is 2. The third-order valence-electron chi connectivity index (χ3n) is 4.92. The maximum atomic E-state index is 13.3. The summed E-state index contributed by atoms with van der Waals surface area (Å²) in [6, 6.07) is 28.2. The van der Waals surface area contributed by atoms with E-state index in [1.165, 1.54) is 4.68 Å². The summed E-state index contributed by atoms with van der Waals surface area (Å²) in [7, 11) is 0. The fraction of sp³-hybridized carbons (Fsp3) is 0. The summed E-state index contributed by atoms with van der Waals surface area (Å²) in [5.41, 5.74) is 2.22. The van der Waals surface area contributed by atoms with Crippen LogP contribution in [0.4, 0.5) is 0 Å². The Morgan fingerprint density at radius 2 is 1.46 bits per heavy atom. The van der Waals surface area contributed by atoms with Crippen LogP contribution in [0.5, 0.6) is 5.75 Å². The number of aromatic nitrogens is 2. The molecule has 0 radical (unpaired) electrons. The molecule has 0 saturated heterocycles. The predicted octanol–water partition coefficient (Wildman–Crippen LogP) is 4.91. The van der Waals surface area contributed by atoms with Crippen LogP contribution in [0.1, 0.15) is 0 Å². The zero-order valence-corrected chi connectivity index (χ0v) is 14.9. The van der Waals surface area contributed by atoms with Gasteiger partial charge in [0, 0.05) is 16.3 Å². The molecule has 4 heteroatoms. The van der Waals surface area contributed by atoms with E-state index in [0.29, 0.717) is 11.1 Å². The van der Waals surface area contributed by atoms with Crippen LogP contribution in [0.25, 0.3) is 38.5 Å². The predicted molar refractivity (Wildman–Crippen MR) is 112 cm³/mol. The van der Waals surface area contributed by atoms with Gasteiger partial charge in [-0.1, -0.05) is 60.7 Å². The first-order valence-corrected chi connectivity index (χ1v) is 9.02. The fourth-order valence-electron chi connectivity index (χ4n) is 3.60. The minimum atomic E-state index is -0.171. The van der Waals surface area contributed by atoms with E-state index in [2.05, 4.69) is 0 Å². The Balaban J connectivity index is 1.90. The Bertz CT molecular complexity index is 1390. The molecule has 1 aromatic heterocycles. The second-order valence-electron chi connectivity index (χ2n) is 6.66. The number of hydrogen-bond acceptors (Lipinski definition) is 3. The van der Waals surface area contributed by atoms with Gasteiger partial charge in [-0.3, -0.25) is 4.79 Å². The maximum absolute atomic E-state index is 13.3. The van der Waals surface area contributed by atoms with Gasteiger partial charge in [0.05, 0.1) is 16.8 Å². The molecule has 0 aliphatic rings. The number of rotatable bonds is 2. The average Bonchev–Trinajstić information content (AvgIpc) is 2.74. The number of fused-ring (bicyclic) bond motifs is 2. The summed E-state index contributed by atoms with van der Waals surface area (Å²) in [5, 5.41) is 17.7. The van der Waals surface area contributed by atoms with Crippen LogP contribution in [-0.2, 0) is 0 Å². The van der Waals surface area contributed by atoms with Crippen molar-refractivity contribution in [2.75, 3.05) is 0 Å². The summed E-state index contributed by atoms with van der Waals surface area (Å²) in [6.45, 7) is 0. The van der Waals surface area contributed by atoms with E-state index in [1.807, 2.05) is 78.9 Å². The quantitative estimate of drug-likeness (QED) is 0.484. The topological polar surface area (TPSA) is 55.1 Å². The van der Waals surface area contributed by atoms with Gasteiger partial charge < -0.3 is 5.11 Å². The van der Waals surface area contributed by atoms with Crippen LogP contribution in [0, 0.1) is 0 Å².